The summed E-state index contributed by atoms with van der Waals surface area (Å²) >= 11 is 3.42. The molecule has 94 valence electrons. The van der Waals surface area contributed by atoms with Crippen LogP contribution in [-0.4, -0.2) is 15.2 Å². The number of halogens is 1. The van der Waals surface area contributed by atoms with Crippen molar-refractivity contribution in [1.29, 1.82) is 0 Å². The Morgan fingerprint density at radius 1 is 1.00 bits per heavy atom. The molecule has 0 atom stereocenters. The Balaban J connectivity index is 1.96. The van der Waals surface area contributed by atoms with Crippen LogP contribution in [0, 0.1) is 6.92 Å². The third kappa shape index (κ3) is 2.56. The summed E-state index contributed by atoms with van der Waals surface area (Å²) in [5.74, 6) is 0.722. The highest BCUT2D eigenvalue weighted by Gasteiger charge is 2.06. The molecule has 1 aromatic heterocycles. The van der Waals surface area contributed by atoms with Crippen LogP contribution in [0.15, 0.2) is 46.9 Å². The SMILES string of the molecule is Cc1cc(Br)ccc1Oc1nnc2ccccc2n1. The third-order valence-electron chi connectivity index (χ3n) is 2.68. The fourth-order valence-electron chi connectivity index (χ4n) is 1.73. The normalized spacial score (nSPS) is 10.6. The van der Waals surface area contributed by atoms with Crippen molar-refractivity contribution in [3.8, 4) is 11.8 Å². The maximum Gasteiger partial charge on any atom is 0.341 e. The minimum Gasteiger partial charge on any atom is -0.423 e. The fraction of sp³-hybridized carbons (Fsp3) is 0.0714. The molecule has 5 heteroatoms. The Kier molecular flexibility index (Phi) is 3.13. The van der Waals surface area contributed by atoms with Crippen LogP contribution in [-0.2, 0) is 0 Å². The van der Waals surface area contributed by atoms with Crippen molar-refractivity contribution in [2.24, 2.45) is 0 Å². The van der Waals surface area contributed by atoms with E-state index in [2.05, 4.69) is 31.1 Å². The van der Waals surface area contributed by atoms with Crippen LogP contribution in [0.2, 0.25) is 0 Å². The Morgan fingerprint density at radius 2 is 1.79 bits per heavy atom. The van der Waals surface area contributed by atoms with E-state index in [1.165, 1.54) is 0 Å². The van der Waals surface area contributed by atoms with Gasteiger partial charge >= 0.3 is 6.01 Å². The van der Waals surface area contributed by atoms with Gasteiger partial charge in [0.2, 0.25) is 0 Å². The maximum absolute atomic E-state index is 5.67. The molecule has 3 rings (SSSR count). The number of aromatic nitrogens is 3. The first kappa shape index (κ1) is 12.0. The lowest BCUT2D eigenvalue weighted by molar-refractivity contribution is 0.434. The van der Waals surface area contributed by atoms with E-state index in [4.69, 9.17) is 4.74 Å². The van der Waals surface area contributed by atoms with Gasteiger partial charge in [0.25, 0.3) is 0 Å². The maximum atomic E-state index is 5.67. The first-order valence-electron chi connectivity index (χ1n) is 5.76. The van der Waals surface area contributed by atoms with Gasteiger partial charge in [-0.2, -0.15) is 4.98 Å². The number of ether oxygens (including phenoxy) is 1. The highest BCUT2D eigenvalue weighted by molar-refractivity contribution is 9.10. The van der Waals surface area contributed by atoms with Gasteiger partial charge in [0.05, 0.1) is 5.52 Å². The number of aryl methyl sites for hydroxylation is 1. The van der Waals surface area contributed by atoms with Crippen LogP contribution in [0.5, 0.6) is 11.8 Å². The van der Waals surface area contributed by atoms with Gasteiger partial charge < -0.3 is 4.74 Å². The molecule has 0 radical (unpaired) electrons. The van der Waals surface area contributed by atoms with Crippen LogP contribution in [0.1, 0.15) is 5.56 Å². The number of benzene rings is 2. The molecule has 0 aliphatic carbocycles. The minimum absolute atomic E-state index is 0.254. The summed E-state index contributed by atoms with van der Waals surface area (Å²) < 4.78 is 6.68. The molecule has 19 heavy (non-hydrogen) atoms. The van der Waals surface area contributed by atoms with Crippen molar-refractivity contribution >= 4 is 27.0 Å². The first-order chi connectivity index (χ1) is 9.22. The van der Waals surface area contributed by atoms with E-state index in [-0.39, 0.29) is 6.01 Å². The second-order valence-corrected chi connectivity index (χ2v) is 5.01. The lowest BCUT2D eigenvalue weighted by atomic mass is 10.2. The highest BCUT2D eigenvalue weighted by Crippen LogP contribution is 2.25. The molecule has 0 saturated heterocycles. The van der Waals surface area contributed by atoms with E-state index >= 15 is 0 Å². The van der Waals surface area contributed by atoms with Gasteiger partial charge in [-0.1, -0.05) is 33.2 Å². The van der Waals surface area contributed by atoms with E-state index in [0.29, 0.717) is 0 Å². The average molecular weight is 316 g/mol. The first-order valence-corrected chi connectivity index (χ1v) is 6.55. The Labute approximate surface area is 118 Å². The number of fused-ring (bicyclic) bond motifs is 1. The molecule has 0 aliphatic heterocycles. The van der Waals surface area contributed by atoms with Crippen LogP contribution in [0.25, 0.3) is 11.0 Å². The summed E-state index contributed by atoms with van der Waals surface area (Å²) in [6.07, 6.45) is 0. The molecule has 0 amide bonds. The standard InChI is InChI=1S/C14H10BrN3O/c1-9-8-10(15)6-7-13(9)19-14-16-11-4-2-3-5-12(11)17-18-14/h2-8H,1H3. The van der Waals surface area contributed by atoms with Gasteiger partial charge in [0, 0.05) is 4.47 Å². The van der Waals surface area contributed by atoms with Crippen LogP contribution in [0.3, 0.4) is 0 Å². The van der Waals surface area contributed by atoms with Gasteiger partial charge in [-0.15, -0.1) is 5.10 Å². The summed E-state index contributed by atoms with van der Waals surface area (Å²) in [6, 6.07) is 13.6. The molecular formula is C14H10BrN3O. The van der Waals surface area contributed by atoms with Gasteiger partial charge in [0.15, 0.2) is 0 Å². The Morgan fingerprint density at radius 3 is 2.58 bits per heavy atom. The smallest absolute Gasteiger partial charge is 0.341 e. The van der Waals surface area contributed by atoms with Crippen molar-refractivity contribution in [3.63, 3.8) is 0 Å². The molecule has 0 unspecified atom stereocenters. The lowest BCUT2D eigenvalue weighted by Crippen LogP contribution is -1.96. The second kappa shape index (κ2) is 4.93. The van der Waals surface area contributed by atoms with Gasteiger partial charge in [-0.3, -0.25) is 0 Å². The van der Waals surface area contributed by atoms with Crippen molar-refractivity contribution < 1.29 is 4.74 Å². The summed E-state index contributed by atoms with van der Waals surface area (Å²) in [4.78, 5) is 4.33. The molecule has 0 spiro atoms. The average Bonchev–Trinajstić information content (AvgIpc) is 2.42. The zero-order valence-electron chi connectivity index (χ0n) is 10.2. The molecule has 2 aromatic carbocycles. The van der Waals surface area contributed by atoms with Gasteiger partial charge in [-0.05, 0) is 42.8 Å². The Bertz CT molecular complexity index is 746. The van der Waals surface area contributed by atoms with Crippen molar-refractivity contribution in [2.45, 2.75) is 6.92 Å². The largest absolute Gasteiger partial charge is 0.423 e. The molecule has 0 aliphatic rings. The minimum atomic E-state index is 0.254. The number of para-hydroxylation sites is 1. The predicted molar refractivity (Wildman–Crippen MR) is 76.3 cm³/mol. The number of hydrogen-bond donors (Lipinski definition) is 0. The van der Waals surface area contributed by atoms with Crippen LogP contribution in [0.4, 0.5) is 0 Å². The van der Waals surface area contributed by atoms with Crippen LogP contribution < -0.4 is 4.74 Å². The molecular weight excluding hydrogens is 306 g/mol. The quantitative estimate of drug-likeness (QED) is 0.720. The van der Waals surface area contributed by atoms with Gasteiger partial charge in [-0.25, -0.2) is 0 Å². The molecule has 0 fully saturated rings. The molecule has 0 bridgehead atoms. The van der Waals surface area contributed by atoms with E-state index < -0.39 is 0 Å². The predicted octanol–water partition coefficient (Wildman–Crippen LogP) is 3.89. The summed E-state index contributed by atoms with van der Waals surface area (Å²) in [5.41, 5.74) is 2.52. The zero-order valence-corrected chi connectivity index (χ0v) is 11.8. The molecule has 4 nitrogen and oxygen atoms in total. The second-order valence-electron chi connectivity index (χ2n) is 4.09. The van der Waals surface area contributed by atoms with Gasteiger partial charge in [0.1, 0.15) is 11.3 Å². The number of nitrogens with zero attached hydrogens (tertiary/aromatic N) is 3. The van der Waals surface area contributed by atoms with Crippen molar-refractivity contribution in [3.05, 3.63) is 52.5 Å². The molecule has 0 N–H and O–H groups in total. The summed E-state index contributed by atoms with van der Waals surface area (Å²) in [5, 5.41) is 8.05. The van der Waals surface area contributed by atoms with Crippen molar-refractivity contribution in [1.82, 2.24) is 15.2 Å². The van der Waals surface area contributed by atoms with Crippen LogP contribution >= 0.6 is 15.9 Å². The van der Waals surface area contributed by atoms with E-state index in [1.54, 1.807) is 0 Å². The van der Waals surface area contributed by atoms with E-state index in [1.807, 2.05) is 49.4 Å². The monoisotopic (exact) mass is 315 g/mol. The molecule has 1 heterocycles. The topological polar surface area (TPSA) is 47.9 Å². The highest BCUT2D eigenvalue weighted by atomic mass is 79.9. The van der Waals surface area contributed by atoms with E-state index in [0.717, 1.165) is 26.8 Å². The molecule has 3 aromatic rings. The lowest BCUT2D eigenvalue weighted by Gasteiger charge is -2.07. The summed E-state index contributed by atoms with van der Waals surface area (Å²) in [6.45, 7) is 1.97. The fourth-order valence-corrected chi connectivity index (χ4v) is 2.21. The number of hydrogen-bond acceptors (Lipinski definition) is 4. The zero-order chi connectivity index (χ0) is 13.2. The molecule has 0 saturated carbocycles. The summed E-state index contributed by atoms with van der Waals surface area (Å²) in [7, 11) is 0. The third-order valence-corrected chi connectivity index (χ3v) is 3.17. The Hall–Kier alpha value is -2.01. The van der Waals surface area contributed by atoms with E-state index in [9.17, 15) is 0 Å². The van der Waals surface area contributed by atoms with Crippen molar-refractivity contribution in [2.75, 3.05) is 0 Å². The number of rotatable bonds is 2.